The van der Waals surface area contributed by atoms with Gasteiger partial charge in [-0.25, -0.2) is 4.98 Å². The lowest BCUT2D eigenvalue weighted by molar-refractivity contribution is -0.131. The van der Waals surface area contributed by atoms with E-state index in [2.05, 4.69) is 4.98 Å². The third kappa shape index (κ3) is 3.30. The van der Waals surface area contributed by atoms with Gasteiger partial charge >= 0.3 is 0 Å². The minimum atomic E-state index is -0.435. The van der Waals surface area contributed by atoms with Gasteiger partial charge in [-0.05, 0) is 12.8 Å². The lowest BCUT2D eigenvalue weighted by atomic mass is 10.2. The van der Waals surface area contributed by atoms with Crippen LogP contribution in [0.2, 0.25) is 5.15 Å². The summed E-state index contributed by atoms with van der Waals surface area (Å²) < 4.78 is 6.14. The van der Waals surface area contributed by atoms with Crippen molar-refractivity contribution in [2.75, 3.05) is 20.2 Å². The average molecular weight is 300 g/mol. The molecule has 1 aromatic rings. The molecule has 1 aromatic heterocycles. The van der Waals surface area contributed by atoms with Crippen molar-refractivity contribution in [2.45, 2.75) is 32.2 Å². The number of hydrogen-bond acceptors (Lipinski definition) is 4. The first-order valence-corrected chi connectivity index (χ1v) is 7.08. The van der Waals surface area contributed by atoms with Crippen LogP contribution in [-0.4, -0.2) is 40.6 Å². The standard InChI is InChI=1S/C13H18ClN3O3/c1-20-11-12(14)15-9-17(13(11)19)8-10(18)16-6-4-2-3-5-7-16/h9H,2-8H2,1H3. The van der Waals surface area contributed by atoms with Crippen LogP contribution >= 0.6 is 11.6 Å². The van der Waals surface area contributed by atoms with Crippen molar-refractivity contribution in [1.82, 2.24) is 14.5 Å². The van der Waals surface area contributed by atoms with E-state index >= 15 is 0 Å². The molecule has 1 saturated heterocycles. The third-order valence-electron chi connectivity index (χ3n) is 3.42. The number of methoxy groups -OCH3 is 1. The first-order valence-electron chi connectivity index (χ1n) is 6.70. The van der Waals surface area contributed by atoms with E-state index in [0.717, 1.165) is 38.8 Å². The fraction of sp³-hybridized carbons (Fsp3) is 0.615. The predicted octanol–water partition coefficient (Wildman–Crippen LogP) is 1.31. The van der Waals surface area contributed by atoms with E-state index in [4.69, 9.17) is 16.3 Å². The molecule has 7 heteroatoms. The zero-order valence-electron chi connectivity index (χ0n) is 11.5. The Labute approximate surface area is 122 Å². The van der Waals surface area contributed by atoms with Crippen LogP contribution in [-0.2, 0) is 11.3 Å². The molecular weight excluding hydrogens is 282 g/mol. The number of likely N-dealkylation sites (tertiary alicyclic amines) is 1. The number of carbonyl (C=O) groups is 1. The molecular formula is C13H18ClN3O3. The summed E-state index contributed by atoms with van der Waals surface area (Å²) in [6.07, 6.45) is 5.62. The molecule has 2 rings (SSSR count). The maximum Gasteiger partial charge on any atom is 0.297 e. The third-order valence-corrected chi connectivity index (χ3v) is 3.69. The first kappa shape index (κ1) is 14.8. The lowest BCUT2D eigenvalue weighted by Crippen LogP contribution is -2.37. The van der Waals surface area contributed by atoms with E-state index in [9.17, 15) is 9.59 Å². The average Bonchev–Trinajstić information content (AvgIpc) is 2.71. The van der Waals surface area contributed by atoms with Gasteiger partial charge in [0.2, 0.25) is 11.7 Å². The normalized spacial score (nSPS) is 15.8. The Balaban J connectivity index is 2.13. The van der Waals surface area contributed by atoms with Crippen molar-refractivity contribution >= 4 is 17.5 Å². The lowest BCUT2D eigenvalue weighted by Gasteiger charge is -2.20. The predicted molar refractivity (Wildman–Crippen MR) is 75.1 cm³/mol. The molecule has 2 heterocycles. The summed E-state index contributed by atoms with van der Waals surface area (Å²) in [5.74, 6) is -0.0991. The Morgan fingerprint density at radius 2 is 2.00 bits per heavy atom. The van der Waals surface area contributed by atoms with Gasteiger partial charge in [0.05, 0.1) is 13.4 Å². The van der Waals surface area contributed by atoms with Gasteiger partial charge in [-0.1, -0.05) is 24.4 Å². The molecule has 0 aliphatic carbocycles. The number of halogens is 1. The van der Waals surface area contributed by atoms with E-state index in [-0.39, 0.29) is 23.4 Å². The summed E-state index contributed by atoms with van der Waals surface area (Å²) in [5.41, 5.74) is -0.435. The van der Waals surface area contributed by atoms with Gasteiger partial charge in [-0.3, -0.25) is 14.2 Å². The maximum atomic E-state index is 12.2. The monoisotopic (exact) mass is 299 g/mol. The Morgan fingerprint density at radius 1 is 1.35 bits per heavy atom. The van der Waals surface area contributed by atoms with Crippen molar-refractivity contribution in [3.63, 3.8) is 0 Å². The summed E-state index contributed by atoms with van der Waals surface area (Å²) in [4.78, 5) is 29.9. The summed E-state index contributed by atoms with van der Waals surface area (Å²) in [7, 11) is 1.35. The van der Waals surface area contributed by atoms with Gasteiger partial charge < -0.3 is 9.64 Å². The summed E-state index contributed by atoms with van der Waals surface area (Å²) in [6, 6.07) is 0. The van der Waals surface area contributed by atoms with Gasteiger partial charge in [0.15, 0.2) is 5.15 Å². The highest BCUT2D eigenvalue weighted by atomic mass is 35.5. The summed E-state index contributed by atoms with van der Waals surface area (Å²) in [5, 5.41) is 0.0102. The summed E-state index contributed by atoms with van der Waals surface area (Å²) in [6.45, 7) is 1.48. The number of rotatable bonds is 3. The van der Waals surface area contributed by atoms with Gasteiger partial charge in [0.1, 0.15) is 6.54 Å². The topological polar surface area (TPSA) is 64.4 Å². The Morgan fingerprint density at radius 3 is 2.60 bits per heavy atom. The molecule has 0 radical (unpaired) electrons. The highest BCUT2D eigenvalue weighted by Gasteiger charge is 2.18. The second kappa shape index (κ2) is 6.74. The molecule has 0 saturated carbocycles. The molecule has 0 spiro atoms. The zero-order valence-corrected chi connectivity index (χ0v) is 12.2. The molecule has 0 N–H and O–H groups in total. The fourth-order valence-corrected chi connectivity index (χ4v) is 2.50. The van der Waals surface area contributed by atoms with Gasteiger partial charge in [0.25, 0.3) is 5.56 Å². The molecule has 20 heavy (non-hydrogen) atoms. The molecule has 1 amide bonds. The highest BCUT2D eigenvalue weighted by Crippen LogP contribution is 2.15. The second-order valence-electron chi connectivity index (χ2n) is 4.80. The minimum Gasteiger partial charge on any atom is -0.489 e. The van der Waals surface area contributed by atoms with Gasteiger partial charge in [-0.15, -0.1) is 0 Å². The Bertz CT molecular complexity index is 536. The molecule has 1 aliphatic heterocycles. The van der Waals surface area contributed by atoms with Crippen LogP contribution in [0.4, 0.5) is 0 Å². The SMILES string of the molecule is COc1c(Cl)ncn(CC(=O)N2CCCCCC2)c1=O. The molecule has 0 unspecified atom stereocenters. The van der Waals surface area contributed by atoms with Crippen molar-refractivity contribution in [3.05, 3.63) is 21.8 Å². The zero-order chi connectivity index (χ0) is 14.5. The van der Waals surface area contributed by atoms with Crippen LogP contribution in [0.1, 0.15) is 25.7 Å². The molecule has 6 nitrogen and oxygen atoms in total. The minimum absolute atomic E-state index is 0.0102. The number of hydrogen-bond donors (Lipinski definition) is 0. The number of ether oxygens (including phenoxy) is 1. The number of aromatic nitrogens is 2. The van der Waals surface area contributed by atoms with Crippen LogP contribution in [0.15, 0.2) is 11.1 Å². The van der Waals surface area contributed by atoms with E-state index in [1.807, 2.05) is 0 Å². The largest absolute Gasteiger partial charge is 0.489 e. The molecule has 110 valence electrons. The van der Waals surface area contributed by atoms with E-state index in [1.54, 1.807) is 4.90 Å². The smallest absolute Gasteiger partial charge is 0.297 e. The van der Waals surface area contributed by atoms with Gasteiger partial charge in [-0.2, -0.15) is 0 Å². The fourth-order valence-electron chi connectivity index (χ4n) is 2.30. The molecule has 0 bridgehead atoms. The maximum absolute atomic E-state index is 12.2. The van der Waals surface area contributed by atoms with E-state index in [1.165, 1.54) is 18.0 Å². The van der Waals surface area contributed by atoms with Crippen LogP contribution in [0, 0.1) is 0 Å². The Kier molecular flexibility index (Phi) is 5.00. The van der Waals surface area contributed by atoms with Crippen molar-refractivity contribution < 1.29 is 9.53 Å². The first-order chi connectivity index (χ1) is 9.63. The van der Waals surface area contributed by atoms with Crippen LogP contribution in [0.3, 0.4) is 0 Å². The van der Waals surface area contributed by atoms with E-state index in [0.29, 0.717) is 0 Å². The molecule has 1 aliphatic rings. The van der Waals surface area contributed by atoms with Crippen LogP contribution < -0.4 is 10.3 Å². The number of amides is 1. The van der Waals surface area contributed by atoms with Crippen LogP contribution in [0.5, 0.6) is 5.75 Å². The van der Waals surface area contributed by atoms with Crippen molar-refractivity contribution in [1.29, 1.82) is 0 Å². The molecule has 1 fully saturated rings. The molecule has 0 atom stereocenters. The summed E-state index contributed by atoms with van der Waals surface area (Å²) >= 11 is 5.76. The quantitative estimate of drug-likeness (QED) is 0.789. The second-order valence-corrected chi connectivity index (χ2v) is 5.15. The van der Waals surface area contributed by atoms with Gasteiger partial charge in [0, 0.05) is 13.1 Å². The van der Waals surface area contributed by atoms with Crippen LogP contribution in [0.25, 0.3) is 0 Å². The molecule has 0 aromatic carbocycles. The number of nitrogens with zero attached hydrogens (tertiary/aromatic N) is 3. The van der Waals surface area contributed by atoms with Crippen molar-refractivity contribution in [3.8, 4) is 5.75 Å². The van der Waals surface area contributed by atoms with Crippen molar-refractivity contribution in [2.24, 2.45) is 0 Å². The Hall–Kier alpha value is -1.56. The van der Waals surface area contributed by atoms with E-state index < -0.39 is 5.56 Å². The number of carbonyl (C=O) groups excluding carboxylic acids is 1. The highest BCUT2D eigenvalue weighted by molar-refractivity contribution is 6.30.